The van der Waals surface area contributed by atoms with Gasteiger partial charge in [-0.1, -0.05) is 77.1 Å². The summed E-state index contributed by atoms with van der Waals surface area (Å²) < 4.78 is 70.7. The summed E-state index contributed by atoms with van der Waals surface area (Å²) in [6.45, 7) is 12.2. The summed E-state index contributed by atoms with van der Waals surface area (Å²) in [7, 11) is -7.32. The van der Waals surface area contributed by atoms with Crippen LogP contribution in [0.2, 0.25) is 18.1 Å². The first-order chi connectivity index (χ1) is 16.1. The van der Waals surface area contributed by atoms with Gasteiger partial charge in [0.1, 0.15) is 5.75 Å². The predicted molar refractivity (Wildman–Crippen MR) is 139 cm³/mol. The van der Waals surface area contributed by atoms with Crippen molar-refractivity contribution in [1.82, 2.24) is 0 Å². The molecule has 9 heteroatoms. The highest BCUT2D eigenvalue weighted by molar-refractivity contribution is 7.88. The Hall–Kier alpha value is -1.58. The third kappa shape index (κ3) is 9.10. The van der Waals surface area contributed by atoms with Crippen LogP contribution in [0, 0.1) is 0 Å². The first kappa shape index (κ1) is 29.6. The minimum Gasteiger partial charge on any atom is -0.417 e. The summed E-state index contributed by atoms with van der Waals surface area (Å²) in [5.41, 5.74) is -4.39. The molecule has 4 nitrogen and oxygen atoms in total. The molecule has 0 saturated carbocycles. The number of alkyl halides is 3. The fourth-order valence-electron chi connectivity index (χ4n) is 3.51. The molecule has 0 aliphatic carbocycles. The van der Waals surface area contributed by atoms with Gasteiger partial charge in [0.15, 0.2) is 8.32 Å². The van der Waals surface area contributed by atoms with E-state index in [9.17, 15) is 21.6 Å². The molecule has 0 atom stereocenters. The zero-order chi connectivity index (χ0) is 26.3. The highest BCUT2D eigenvalue weighted by Gasteiger charge is 2.48. The van der Waals surface area contributed by atoms with Crippen LogP contribution in [-0.4, -0.2) is 28.9 Å². The predicted octanol–water partition coefficient (Wildman–Crippen LogP) is 8.36. The van der Waals surface area contributed by atoms with E-state index < -0.39 is 23.9 Å². The van der Waals surface area contributed by atoms with Gasteiger partial charge in [-0.3, -0.25) is 0 Å². The van der Waals surface area contributed by atoms with Crippen molar-refractivity contribution < 1.29 is 30.2 Å². The van der Waals surface area contributed by atoms with Crippen molar-refractivity contribution in [3.8, 4) is 5.75 Å². The van der Waals surface area contributed by atoms with Crippen molar-refractivity contribution in [2.75, 3.05) is 6.61 Å². The molecule has 0 aromatic heterocycles. The molecule has 0 unspecified atom stereocenters. The summed E-state index contributed by atoms with van der Waals surface area (Å²) in [5, 5.41) is 1.71. The minimum atomic E-state index is -5.68. The second-order valence-electron chi connectivity index (χ2n) is 10.7. The van der Waals surface area contributed by atoms with Gasteiger partial charge in [-0.2, -0.15) is 21.6 Å². The summed E-state index contributed by atoms with van der Waals surface area (Å²) in [6, 6.07) is 9.88. The Kier molecular flexibility index (Phi) is 10.3. The van der Waals surface area contributed by atoms with Crippen LogP contribution in [-0.2, 0) is 21.0 Å². The Morgan fingerprint density at radius 1 is 0.800 bits per heavy atom. The zero-order valence-electron chi connectivity index (χ0n) is 21.5. The van der Waals surface area contributed by atoms with Crippen molar-refractivity contribution in [3.63, 3.8) is 0 Å². The van der Waals surface area contributed by atoms with E-state index in [4.69, 9.17) is 4.43 Å². The van der Waals surface area contributed by atoms with Crippen LogP contribution in [0.4, 0.5) is 13.2 Å². The summed E-state index contributed by atoms with van der Waals surface area (Å²) in [6.07, 6.45) is 8.89. The molecule has 0 heterocycles. The molecular formula is C26H39F3O4SSi. The van der Waals surface area contributed by atoms with E-state index in [2.05, 4.69) is 38.0 Å². The molecular weight excluding hydrogens is 493 g/mol. The third-order valence-electron chi connectivity index (χ3n) is 6.74. The Morgan fingerprint density at radius 2 is 1.37 bits per heavy atom. The zero-order valence-corrected chi connectivity index (χ0v) is 23.3. The van der Waals surface area contributed by atoms with Gasteiger partial charge in [0.05, 0.1) is 0 Å². The Labute approximate surface area is 209 Å². The first-order valence-electron chi connectivity index (χ1n) is 12.3. The van der Waals surface area contributed by atoms with Crippen LogP contribution in [0.15, 0.2) is 36.4 Å². The average molecular weight is 533 g/mol. The van der Waals surface area contributed by atoms with Crippen LogP contribution in [0.1, 0.15) is 71.3 Å². The smallest absolute Gasteiger partial charge is 0.417 e. The van der Waals surface area contributed by atoms with Gasteiger partial charge in [-0.05, 0) is 65.9 Å². The molecule has 0 radical (unpaired) electrons. The molecule has 0 bridgehead atoms. The van der Waals surface area contributed by atoms with E-state index in [1.807, 2.05) is 18.2 Å². The molecule has 0 amide bonds. The molecule has 198 valence electrons. The molecule has 0 N–H and O–H groups in total. The van der Waals surface area contributed by atoms with Gasteiger partial charge in [0.25, 0.3) is 0 Å². The van der Waals surface area contributed by atoms with Crippen molar-refractivity contribution in [3.05, 3.63) is 42.0 Å². The number of rotatable bonds is 13. The van der Waals surface area contributed by atoms with Gasteiger partial charge in [-0.25, -0.2) is 0 Å². The van der Waals surface area contributed by atoms with Crippen molar-refractivity contribution in [2.24, 2.45) is 0 Å². The van der Waals surface area contributed by atoms with Crippen molar-refractivity contribution >= 4 is 29.2 Å². The number of hydrogen-bond donors (Lipinski definition) is 0. The average Bonchev–Trinajstić information content (AvgIpc) is 2.72. The van der Waals surface area contributed by atoms with Gasteiger partial charge in [0.2, 0.25) is 0 Å². The quantitative estimate of drug-likeness (QED) is 0.113. The summed E-state index contributed by atoms with van der Waals surface area (Å²) in [5.74, 6) is -0.346. The van der Waals surface area contributed by atoms with Gasteiger partial charge >= 0.3 is 15.6 Å². The second kappa shape index (κ2) is 12.1. The van der Waals surface area contributed by atoms with E-state index >= 15 is 0 Å². The van der Waals surface area contributed by atoms with Crippen LogP contribution >= 0.6 is 0 Å². The fourth-order valence-corrected chi connectivity index (χ4v) is 5.05. The molecule has 35 heavy (non-hydrogen) atoms. The largest absolute Gasteiger partial charge is 0.534 e. The third-order valence-corrected chi connectivity index (χ3v) is 12.3. The summed E-state index contributed by atoms with van der Waals surface area (Å²) in [4.78, 5) is 0. The highest BCUT2D eigenvalue weighted by atomic mass is 32.2. The van der Waals surface area contributed by atoms with Gasteiger partial charge in [-0.15, -0.1) is 0 Å². The normalized spacial score (nSPS) is 13.4. The molecule has 0 saturated heterocycles. The van der Waals surface area contributed by atoms with Crippen molar-refractivity contribution in [2.45, 2.75) is 95.8 Å². The number of aryl methyl sites for hydroxylation is 1. The van der Waals surface area contributed by atoms with E-state index in [-0.39, 0.29) is 10.8 Å². The molecule has 0 fully saturated rings. The number of halogens is 3. The number of fused-ring (bicyclic) bond motifs is 1. The number of benzene rings is 2. The number of hydrogen-bond acceptors (Lipinski definition) is 4. The lowest BCUT2D eigenvalue weighted by Crippen LogP contribution is -2.40. The van der Waals surface area contributed by atoms with Gasteiger partial charge in [0, 0.05) is 6.61 Å². The highest BCUT2D eigenvalue weighted by Crippen LogP contribution is 2.36. The standard InChI is InChI=1S/C26H39F3O4SSi/c1-25(2,3)35(4,5)32-18-12-10-8-6-7-9-11-13-21-14-15-22-16-17-24(20-23(22)19-21)33-34(30,31)26(27,28)29/h14-17,19-20H,6-13,18H2,1-5H3. The second-order valence-corrected chi connectivity index (χ2v) is 17.0. The molecule has 2 aromatic rings. The number of unbranched alkanes of at least 4 members (excludes halogenated alkanes) is 6. The Balaban J connectivity index is 1.71. The topological polar surface area (TPSA) is 52.6 Å². The maximum Gasteiger partial charge on any atom is 0.534 e. The van der Waals surface area contributed by atoms with E-state index in [1.165, 1.54) is 37.8 Å². The lowest BCUT2D eigenvalue weighted by molar-refractivity contribution is -0.0500. The maximum absolute atomic E-state index is 12.6. The van der Waals surface area contributed by atoms with E-state index in [0.717, 1.165) is 43.2 Å². The van der Waals surface area contributed by atoms with E-state index in [0.29, 0.717) is 5.39 Å². The van der Waals surface area contributed by atoms with Crippen LogP contribution in [0.25, 0.3) is 10.8 Å². The fraction of sp³-hybridized carbons (Fsp3) is 0.615. The molecule has 0 spiro atoms. The van der Waals surface area contributed by atoms with Crippen LogP contribution in [0.3, 0.4) is 0 Å². The molecule has 2 aromatic carbocycles. The first-order valence-corrected chi connectivity index (χ1v) is 16.6. The Bertz CT molecular complexity index is 1060. The van der Waals surface area contributed by atoms with Gasteiger partial charge < -0.3 is 8.61 Å². The van der Waals surface area contributed by atoms with Crippen LogP contribution < -0.4 is 4.18 Å². The molecule has 0 aliphatic rings. The Morgan fingerprint density at radius 3 is 1.97 bits per heavy atom. The van der Waals surface area contributed by atoms with E-state index in [1.54, 1.807) is 6.07 Å². The monoisotopic (exact) mass is 532 g/mol. The van der Waals surface area contributed by atoms with Crippen molar-refractivity contribution in [1.29, 1.82) is 0 Å². The molecule has 0 aliphatic heterocycles. The maximum atomic E-state index is 12.6. The summed E-state index contributed by atoms with van der Waals surface area (Å²) >= 11 is 0. The minimum absolute atomic E-state index is 0.252. The lowest BCUT2D eigenvalue weighted by atomic mass is 10.0. The lowest BCUT2D eigenvalue weighted by Gasteiger charge is -2.36. The van der Waals surface area contributed by atoms with Crippen LogP contribution in [0.5, 0.6) is 5.75 Å². The molecule has 2 rings (SSSR count). The SMILES string of the molecule is CC(C)(C)[Si](C)(C)OCCCCCCCCCc1ccc2ccc(OS(=O)(=O)C(F)(F)F)cc2c1.